The lowest BCUT2D eigenvalue weighted by Gasteiger charge is -2.06. The van der Waals surface area contributed by atoms with Crippen LogP contribution in [0.2, 0.25) is 0 Å². The first-order chi connectivity index (χ1) is 10.1. The summed E-state index contributed by atoms with van der Waals surface area (Å²) < 4.78 is 42.1. The summed E-state index contributed by atoms with van der Waals surface area (Å²) >= 11 is 3.46. The Balaban J connectivity index is 1.87. The van der Waals surface area contributed by atoms with Crippen LogP contribution >= 0.6 is 15.9 Å². The SMILES string of the molecule is Fc1cc(CCn2cc(Br)c3ccncc32)cc(F)c1F. The van der Waals surface area contributed by atoms with Gasteiger partial charge in [-0.05, 0) is 46.1 Å². The van der Waals surface area contributed by atoms with Crippen molar-refractivity contribution in [3.63, 3.8) is 0 Å². The van der Waals surface area contributed by atoms with Crippen molar-refractivity contribution in [3.8, 4) is 0 Å². The van der Waals surface area contributed by atoms with Crippen molar-refractivity contribution in [2.75, 3.05) is 0 Å². The monoisotopic (exact) mass is 354 g/mol. The van der Waals surface area contributed by atoms with E-state index in [0.717, 1.165) is 27.5 Å². The van der Waals surface area contributed by atoms with Crippen LogP contribution in [0.1, 0.15) is 5.56 Å². The molecule has 108 valence electrons. The minimum Gasteiger partial charge on any atom is -0.345 e. The van der Waals surface area contributed by atoms with Crippen LogP contribution < -0.4 is 0 Å². The Morgan fingerprint density at radius 1 is 1.14 bits per heavy atom. The van der Waals surface area contributed by atoms with E-state index in [0.29, 0.717) is 18.5 Å². The Labute approximate surface area is 127 Å². The molecule has 3 rings (SSSR count). The number of fused-ring (bicyclic) bond motifs is 1. The molecular weight excluding hydrogens is 345 g/mol. The second-order valence-electron chi connectivity index (χ2n) is 4.69. The largest absolute Gasteiger partial charge is 0.345 e. The molecule has 21 heavy (non-hydrogen) atoms. The average molecular weight is 355 g/mol. The molecule has 0 N–H and O–H groups in total. The topological polar surface area (TPSA) is 17.8 Å². The molecule has 0 aliphatic heterocycles. The van der Waals surface area contributed by atoms with Gasteiger partial charge in [0.2, 0.25) is 0 Å². The van der Waals surface area contributed by atoms with E-state index in [2.05, 4.69) is 20.9 Å². The van der Waals surface area contributed by atoms with Gasteiger partial charge in [0, 0.05) is 28.8 Å². The maximum atomic E-state index is 13.2. The maximum absolute atomic E-state index is 13.2. The summed E-state index contributed by atoms with van der Waals surface area (Å²) in [7, 11) is 0. The highest BCUT2D eigenvalue weighted by molar-refractivity contribution is 9.10. The van der Waals surface area contributed by atoms with Crippen molar-refractivity contribution in [2.24, 2.45) is 0 Å². The van der Waals surface area contributed by atoms with E-state index in [9.17, 15) is 13.2 Å². The van der Waals surface area contributed by atoms with Gasteiger partial charge in [-0.3, -0.25) is 4.98 Å². The number of hydrogen-bond acceptors (Lipinski definition) is 1. The molecule has 0 aliphatic carbocycles. The molecule has 0 amide bonds. The first kappa shape index (κ1) is 14.1. The van der Waals surface area contributed by atoms with E-state index in [-0.39, 0.29) is 0 Å². The molecule has 0 atom stereocenters. The van der Waals surface area contributed by atoms with Gasteiger partial charge in [-0.2, -0.15) is 0 Å². The third kappa shape index (κ3) is 2.68. The number of rotatable bonds is 3. The molecular formula is C15H10BrF3N2. The third-order valence-electron chi connectivity index (χ3n) is 3.32. The Kier molecular flexibility index (Phi) is 3.71. The molecule has 0 aliphatic rings. The average Bonchev–Trinajstić information content (AvgIpc) is 2.79. The van der Waals surface area contributed by atoms with Crippen LogP contribution in [0.15, 0.2) is 41.3 Å². The summed E-state index contributed by atoms with van der Waals surface area (Å²) in [6.07, 6.45) is 5.70. The van der Waals surface area contributed by atoms with Gasteiger partial charge in [0.25, 0.3) is 0 Å². The third-order valence-corrected chi connectivity index (χ3v) is 3.95. The van der Waals surface area contributed by atoms with Gasteiger partial charge < -0.3 is 4.57 Å². The number of hydrogen-bond donors (Lipinski definition) is 0. The van der Waals surface area contributed by atoms with Crippen LogP contribution in [0.4, 0.5) is 13.2 Å². The molecule has 0 saturated heterocycles. The summed E-state index contributed by atoms with van der Waals surface area (Å²) in [5.41, 5.74) is 1.33. The molecule has 1 aromatic carbocycles. The zero-order chi connectivity index (χ0) is 15.0. The van der Waals surface area contributed by atoms with Crippen molar-refractivity contribution in [1.82, 2.24) is 9.55 Å². The van der Waals surface area contributed by atoms with E-state index in [4.69, 9.17) is 0 Å². The fraction of sp³-hybridized carbons (Fsp3) is 0.133. The summed E-state index contributed by atoms with van der Waals surface area (Å²) in [6.45, 7) is 0.512. The van der Waals surface area contributed by atoms with Crippen LogP contribution in [0.5, 0.6) is 0 Å². The van der Waals surface area contributed by atoms with Crippen LogP contribution in [0, 0.1) is 17.5 Å². The highest BCUT2D eigenvalue weighted by atomic mass is 79.9. The first-order valence-electron chi connectivity index (χ1n) is 6.28. The predicted octanol–water partition coefficient (Wildman–Crippen LogP) is 4.46. The van der Waals surface area contributed by atoms with E-state index in [1.54, 1.807) is 12.4 Å². The molecule has 0 unspecified atom stereocenters. The minimum absolute atomic E-state index is 0.388. The van der Waals surface area contributed by atoms with E-state index in [1.807, 2.05) is 16.8 Å². The lowest BCUT2D eigenvalue weighted by Crippen LogP contribution is -2.02. The Bertz CT molecular complexity index is 791. The molecule has 2 heterocycles. The minimum atomic E-state index is -1.43. The summed E-state index contributed by atoms with van der Waals surface area (Å²) in [5, 5.41) is 1.02. The standard InChI is InChI=1S/C15H10BrF3N2/c16-11-8-21(14-7-20-3-1-10(11)14)4-2-9-5-12(17)15(19)13(18)6-9/h1,3,5-8H,2,4H2. The number of halogens is 4. The van der Waals surface area contributed by atoms with E-state index >= 15 is 0 Å². The van der Waals surface area contributed by atoms with Crippen molar-refractivity contribution >= 4 is 26.8 Å². The van der Waals surface area contributed by atoms with Crippen molar-refractivity contribution in [3.05, 3.63) is 64.3 Å². The molecule has 6 heteroatoms. The Morgan fingerprint density at radius 2 is 1.86 bits per heavy atom. The van der Waals surface area contributed by atoms with Crippen LogP contribution in [0.25, 0.3) is 10.9 Å². The highest BCUT2D eigenvalue weighted by Crippen LogP contribution is 2.25. The molecule has 0 saturated carbocycles. The fourth-order valence-corrected chi connectivity index (χ4v) is 2.86. The molecule has 0 bridgehead atoms. The lowest BCUT2D eigenvalue weighted by molar-refractivity contribution is 0.444. The summed E-state index contributed by atoms with van der Waals surface area (Å²) in [5.74, 6) is -3.76. The number of nitrogens with zero attached hydrogens (tertiary/aromatic N) is 2. The van der Waals surface area contributed by atoms with E-state index in [1.165, 1.54) is 0 Å². The van der Waals surface area contributed by atoms with Crippen molar-refractivity contribution in [1.29, 1.82) is 0 Å². The molecule has 2 nitrogen and oxygen atoms in total. The molecule has 0 radical (unpaired) electrons. The highest BCUT2D eigenvalue weighted by Gasteiger charge is 2.11. The van der Waals surface area contributed by atoms with Gasteiger partial charge in [0.05, 0.1) is 11.7 Å². The van der Waals surface area contributed by atoms with Gasteiger partial charge in [0.1, 0.15) is 0 Å². The maximum Gasteiger partial charge on any atom is 0.194 e. The smallest absolute Gasteiger partial charge is 0.194 e. The quantitative estimate of drug-likeness (QED) is 0.635. The lowest BCUT2D eigenvalue weighted by atomic mass is 10.1. The van der Waals surface area contributed by atoms with Crippen molar-refractivity contribution in [2.45, 2.75) is 13.0 Å². The zero-order valence-corrected chi connectivity index (χ0v) is 12.4. The molecule has 0 spiro atoms. The number of pyridine rings is 1. The van der Waals surface area contributed by atoms with Crippen LogP contribution in [-0.4, -0.2) is 9.55 Å². The number of benzene rings is 1. The first-order valence-corrected chi connectivity index (χ1v) is 7.07. The Morgan fingerprint density at radius 3 is 2.57 bits per heavy atom. The molecule has 2 aromatic heterocycles. The Hall–Kier alpha value is -1.82. The van der Waals surface area contributed by atoms with Gasteiger partial charge >= 0.3 is 0 Å². The van der Waals surface area contributed by atoms with Gasteiger partial charge in [-0.25, -0.2) is 13.2 Å². The molecule has 0 fully saturated rings. The van der Waals surface area contributed by atoms with Gasteiger partial charge in [-0.15, -0.1) is 0 Å². The summed E-state index contributed by atoms with van der Waals surface area (Å²) in [6, 6.07) is 3.93. The zero-order valence-electron chi connectivity index (χ0n) is 10.8. The fourth-order valence-electron chi connectivity index (χ4n) is 2.28. The normalized spacial score (nSPS) is 11.2. The van der Waals surface area contributed by atoms with E-state index < -0.39 is 17.5 Å². The second-order valence-corrected chi connectivity index (χ2v) is 5.54. The van der Waals surface area contributed by atoms with Gasteiger partial charge in [0.15, 0.2) is 17.5 Å². The predicted molar refractivity (Wildman–Crippen MR) is 77.5 cm³/mol. The molecule has 3 aromatic rings. The van der Waals surface area contributed by atoms with Crippen LogP contribution in [0.3, 0.4) is 0 Å². The second kappa shape index (κ2) is 5.52. The number of aryl methyl sites for hydroxylation is 2. The van der Waals surface area contributed by atoms with Crippen molar-refractivity contribution < 1.29 is 13.2 Å². The summed E-state index contributed by atoms with van der Waals surface area (Å²) in [4.78, 5) is 4.07. The number of aromatic nitrogens is 2. The van der Waals surface area contributed by atoms with Gasteiger partial charge in [-0.1, -0.05) is 0 Å². The van der Waals surface area contributed by atoms with Crippen LogP contribution in [-0.2, 0) is 13.0 Å².